The smallest absolute Gasteiger partial charge is 0.231 e. The van der Waals surface area contributed by atoms with Crippen LogP contribution in [-0.2, 0) is 9.59 Å². The fraction of sp³-hybridized carbons (Fsp3) is 0.364. The van der Waals surface area contributed by atoms with Gasteiger partial charge in [-0.25, -0.2) is 0 Å². The molecule has 1 N–H and O–H groups in total. The van der Waals surface area contributed by atoms with Crippen molar-refractivity contribution in [3.63, 3.8) is 0 Å². The molecule has 2 aliphatic heterocycles. The van der Waals surface area contributed by atoms with Gasteiger partial charge in [0.2, 0.25) is 18.6 Å². The molecule has 0 saturated carbocycles. The van der Waals surface area contributed by atoms with E-state index in [0.29, 0.717) is 30.3 Å². The first-order valence-corrected chi connectivity index (χ1v) is 9.78. The highest BCUT2D eigenvalue weighted by molar-refractivity contribution is 6.00. The molecule has 0 aromatic heterocycles. The summed E-state index contributed by atoms with van der Waals surface area (Å²) in [5.41, 5.74) is 1.70. The van der Waals surface area contributed by atoms with Crippen LogP contribution in [0.2, 0.25) is 0 Å². The third kappa shape index (κ3) is 3.99. The van der Waals surface area contributed by atoms with Gasteiger partial charge in [-0.15, -0.1) is 0 Å². The van der Waals surface area contributed by atoms with E-state index < -0.39 is 5.92 Å². The number of carbonyl (C=O) groups excluding carboxylic acids is 2. The Kier molecular flexibility index (Phi) is 5.29. The highest BCUT2D eigenvalue weighted by Gasteiger charge is 2.36. The number of ether oxygens (including phenoxy) is 3. The quantitative estimate of drug-likeness (QED) is 0.812. The Labute approximate surface area is 169 Å². The molecule has 2 aromatic carbocycles. The van der Waals surface area contributed by atoms with Crippen LogP contribution < -0.4 is 24.4 Å². The number of anilines is 1. The third-order valence-corrected chi connectivity index (χ3v) is 5.21. The maximum Gasteiger partial charge on any atom is 0.231 e. The maximum atomic E-state index is 12.7. The van der Waals surface area contributed by atoms with Gasteiger partial charge in [-0.2, -0.15) is 0 Å². The molecule has 1 fully saturated rings. The standard InChI is InChI=1S/C22H24N2O5/c1-3-27-18-7-4-15(5-8-18)14(2)23-22(26)16-10-21(25)24(12-16)17-6-9-19-20(11-17)29-13-28-19/h4-9,11,14,16H,3,10,12-13H2,1-2H3,(H,23,26). The number of hydrogen-bond donors (Lipinski definition) is 1. The van der Waals surface area contributed by atoms with E-state index in [1.807, 2.05) is 44.2 Å². The predicted octanol–water partition coefficient (Wildman–Crippen LogP) is 3.04. The van der Waals surface area contributed by atoms with Gasteiger partial charge in [-0.05, 0) is 43.7 Å². The molecule has 7 nitrogen and oxygen atoms in total. The van der Waals surface area contributed by atoms with E-state index in [1.54, 1.807) is 17.0 Å². The second kappa shape index (κ2) is 8.03. The number of nitrogens with zero attached hydrogens (tertiary/aromatic N) is 1. The first kappa shape index (κ1) is 19.1. The third-order valence-electron chi connectivity index (χ3n) is 5.21. The summed E-state index contributed by atoms with van der Waals surface area (Å²) in [5, 5.41) is 3.02. The van der Waals surface area contributed by atoms with Crippen LogP contribution in [0.3, 0.4) is 0 Å². The van der Waals surface area contributed by atoms with Gasteiger partial charge in [-0.1, -0.05) is 12.1 Å². The van der Waals surface area contributed by atoms with Crippen LogP contribution in [0.4, 0.5) is 5.69 Å². The van der Waals surface area contributed by atoms with E-state index in [0.717, 1.165) is 11.3 Å². The van der Waals surface area contributed by atoms with Crippen LogP contribution in [0.1, 0.15) is 31.9 Å². The van der Waals surface area contributed by atoms with Gasteiger partial charge >= 0.3 is 0 Å². The lowest BCUT2D eigenvalue weighted by Crippen LogP contribution is -2.34. The number of carbonyl (C=O) groups is 2. The van der Waals surface area contributed by atoms with Crippen molar-refractivity contribution in [1.82, 2.24) is 5.32 Å². The monoisotopic (exact) mass is 396 g/mol. The predicted molar refractivity (Wildman–Crippen MR) is 107 cm³/mol. The van der Waals surface area contributed by atoms with Crippen molar-refractivity contribution in [3.8, 4) is 17.2 Å². The van der Waals surface area contributed by atoms with Crippen molar-refractivity contribution < 1.29 is 23.8 Å². The molecular weight excluding hydrogens is 372 g/mol. The van der Waals surface area contributed by atoms with E-state index in [2.05, 4.69) is 5.32 Å². The van der Waals surface area contributed by atoms with Gasteiger partial charge in [-0.3, -0.25) is 9.59 Å². The number of amides is 2. The number of rotatable bonds is 6. The van der Waals surface area contributed by atoms with Crippen LogP contribution in [0.25, 0.3) is 0 Å². The first-order chi connectivity index (χ1) is 14.0. The molecule has 152 valence electrons. The van der Waals surface area contributed by atoms with Crippen molar-refractivity contribution in [2.45, 2.75) is 26.3 Å². The van der Waals surface area contributed by atoms with E-state index in [4.69, 9.17) is 14.2 Å². The highest BCUT2D eigenvalue weighted by Crippen LogP contribution is 2.37. The van der Waals surface area contributed by atoms with E-state index in [9.17, 15) is 9.59 Å². The molecule has 2 atom stereocenters. The average Bonchev–Trinajstić information content (AvgIpc) is 3.34. The molecule has 0 aliphatic carbocycles. The number of nitrogens with one attached hydrogen (secondary N) is 1. The van der Waals surface area contributed by atoms with Crippen LogP contribution in [0.5, 0.6) is 17.2 Å². The maximum absolute atomic E-state index is 12.7. The zero-order valence-electron chi connectivity index (χ0n) is 16.5. The zero-order valence-corrected chi connectivity index (χ0v) is 16.5. The van der Waals surface area contributed by atoms with Gasteiger partial charge < -0.3 is 24.4 Å². The lowest BCUT2D eigenvalue weighted by molar-refractivity contribution is -0.126. The minimum Gasteiger partial charge on any atom is -0.494 e. The fourth-order valence-corrected chi connectivity index (χ4v) is 3.62. The van der Waals surface area contributed by atoms with Crippen LogP contribution in [0, 0.1) is 5.92 Å². The Bertz CT molecular complexity index is 912. The van der Waals surface area contributed by atoms with Gasteiger partial charge in [0.15, 0.2) is 11.5 Å². The SMILES string of the molecule is CCOc1ccc(C(C)NC(=O)C2CC(=O)N(c3ccc4c(c3)OCO4)C2)cc1. The fourth-order valence-electron chi connectivity index (χ4n) is 3.62. The number of benzene rings is 2. The molecule has 1 saturated heterocycles. The van der Waals surface area contributed by atoms with Gasteiger partial charge in [0, 0.05) is 24.7 Å². The van der Waals surface area contributed by atoms with Gasteiger partial charge in [0.1, 0.15) is 5.75 Å². The second-order valence-corrected chi connectivity index (χ2v) is 7.18. The highest BCUT2D eigenvalue weighted by atomic mass is 16.7. The average molecular weight is 396 g/mol. The Balaban J connectivity index is 1.38. The van der Waals surface area contributed by atoms with Crippen molar-refractivity contribution in [3.05, 3.63) is 48.0 Å². The molecule has 0 radical (unpaired) electrons. The van der Waals surface area contributed by atoms with E-state index in [-0.39, 0.29) is 31.1 Å². The molecule has 0 spiro atoms. The minimum atomic E-state index is -0.391. The zero-order chi connectivity index (χ0) is 20.4. The summed E-state index contributed by atoms with van der Waals surface area (Å²) in [5.74, 6) is 1.50. The molecule has 0 bridgehead atoms. The molecule has 4 rings (SSSR count). The van der Waals surface area contributed by atoms with Crippen LogP contribution >= 0.6 is 0 Å². The molecule has 2 unspecified atom stereocenters. The largest absolute Gasteiger partial charge is 0.494 e. The lowest BCUT2D eigenvalue weighted by atomic mass is 10.0. The molecule has 7 heteroatoms. The summed E-state index contributed by atoms with van der Waals surface area (Å²) in [7, 11) is 0. The van der Waals surface area contributed by atoms with Gasteiger partial charge in [0.05, 0.1) is 18.6 Å². The molecule has 2 aliphatic rings. The van der Waals surface area contributed by atoms with E-state index in [1.165, 1.54) is 0 Å². The van der Waals surface area contributed by atoms with Crippen molar-refractivity contribution >= 4 is 17.5 Å². The van der Waals surface area contributed by atoms with Crippen molar-refractivity contribution in [2.75, 3.05) is 24.8 Å². The minimum absolute atomic E-state index is 0.0715. The Morgan fingerprint density at radius 1 is 1.21 bits per heavy atom. The molecule has 2 aromatic rings. The summed E-state index contributed by atoms with van der Waals surface area (Å²) in [6, 6.07) is 12.9. The summed E-state index contributed by atoms with van der Waals surface area (Å²) < 4.78 is 16.1. The molecular formula is C22H24N2O5. The molecule has 2 heterocycles. The van der Waals surface area contributed by atoms with Crippen molar-refractivity contribution in [1.29, 1.82) is 0 Å². The number of fused-ring (bicyclic) bond motifs is 1. The summed E-state index contributed by atoms with van der Waals surface area (Å²) >= 11 is 0. The number of hydrogen-bond acceptors (Lipinski definition) is 5. The Morgan fingerprint density at radius 3 is 2.72 bits per heavy atom. The topological polar surface area (TPSA) is 77.1 Å². The normalized spacial score (nSPS) is 18.6. The van der Waals surface area contributed by atoms with Gasteiger partial charge in [0.25, 0.3) is 0 Å². The van der Waals surface area contributed by atoms with E-state index >= 15 is 0 Å². The summed E-state index contributed by atoms with van der Waals surface area (Å²) in [6.45, 7) is 5.01. The van der Waals surface area contributed by atoms with Crippen LogP contribution in [0.15, 0.2) is 42.5 Å². The van der Waals surface area contributed by atoms with Crippen molar-refractivity contribution in [2.24, 2.45) is 5.92 Å². The first-order valence-electron chi connectivity index (χ1n) is 9.78. The Morgan fingerprint density at radius 2 is 1.97 bits per heavy atom. The Hall–Kier alpha value is -3.22. The van der Waals surface area contributed by atoms with Crippen LogP contribution in [-0.4, -0.2) is 31.8 Å². The lowest BCUT2D eigenvalue weighted by Gasteiger charge is -2.19. The summed E-state index contributed by atoms with van der Waals surface area (Å²) in [6.07, 6.45) is 0.191. The molecule has 29 heavy (non-hydrogen) atoms. The summed E-state index contributed by atoms with van der Waals surface area (Å²) in [4.78, 5) is 26.9. The molecule has 2 amide bonds. The second-order valence-electron chi connectivity index (χ2n) is 7.18.